The Labute approximate surface area is 114 Å². The van der Waals surface area contributed by atoms with Crippen molar-refractivity contribution in [2.75, 3.05) is 5.32 Å². The molecule has 1 aliphatic rings. The van der Waals surface area contributed by atoms with E-state index < -0.39 is 18.7 Å². The van der Waals surface area contributed by atoms with Gasteiger partial charge in [0.1, 0.15) is 0 Å². The number of halogens is 3. The molecule has 0 bridgehead atoms. The van der Waals surface area contributed by atoms with Gasteiger partial charge >= 0.3 is 6.18 Å². The van der Waals surface area contributed by atoms with Crippen LogP contribution in [0.5, 0.6) is 0 Å². The maximum atomic E-state index is 12.1. The molecule has 0 radical (unpaired) electrons. The molecule has 1 atom stereocenters. The third kappa shape index (κ3) is 3.96. The van der Waals surface area contributed by atoms with E-state index in [0.29, 0.717) is 30.5 Å². The number of aryl methyl sites for hydroxylation is 1. The molecule has 0 fully saturated rings. The number of carbonyl (C=O) groups excluding carboxylic acids is 1. The average molecular weight is 287 g/mol. The minimum Gasteiger partial charge on any atom is -0.388 e. The van der Waals surface area contributed by atoms with Crippen LogP contribution in [-0.4, -0.2) is 17.2 Å². The van der Waals surface area contributed by atoms with Crippen LogP contribution < -0.4 is 5.32 Å². The van der Waals surface area contributed by atoms with E-state index in [9.17, 15) is 23.1 Å². The van der Waals surface area contributed by atoms with Gasteiger partial charge in [-0.15, -0.1) is 0 Å². The smallest absolute Gasteiger partial charge is 0.388 e. The van der Waals surface area contributed by atoms with Gasteiger partial charge in [0.05, 0.1) is 6.10 Å². The zero-order valence-electron chi connectivity index (χ0n) is 10.8. The second-order valence-electron chi connectivity index (χ2n) is 4.99. The lowest BCUT2D eigenvalue weighted by Crippen LogP contribution is -2.11. The van der Waals surface area contributed by atoms with Crippen molar-refractivity contribution in [1.82, 2.24) is 0 Å². The van der Waals surface area contributed by atoms with Gasteiger partial charge in [0.15, 0.2) is 0 Å². The zero-order valence-corrected chi connectivity index (χ0v) is 10.8. The van der Waals surface area contributed by atoms with Crippen LogP contribution in [0.15, 0.2) is 18.2 Å². The number of rotatable bonds is 3. The molecule has 3 nitrogen and oxygen atoms in total. The lowest BCUT2D eigenvalue weighted by molar-refractivity contribution is -0.140. The van der Waals surface area contributed by atoms with E-state index in [4.69, 9.17) is 0 Å². The average Bonchev–Trinajstić information content (AvgIpc) is 2.54. The largest absolute Gasteiger partial charge is 0.389 e. The first kappa shape index (κ1) is 14.8. The van der Waals surface area contributed by atoms with Crippen molar-refractivity contribution >= 4 is 11.6 Å². The number of hydrogen-bond acceptors (Lipinski definition) is 2. The number of carbonyl (C=O) groups is 1. The predicted molar refractivity (Wildman–Crippen MR) is 68.3 cm³/mol. The minimum atomic E-state index is -4.26. The Balaban J connectivity index is 2.10. The number of aliphatic hydroxyl groups excluding tert-OH is 1. The molecule has 0 aliphatic carbocycles. The monoisotopic (exact) mass is 287 g/mol. The van der Waals surface area contributed by atoms with Crippen LogP contribution in [0.3, 0.4) is 0 Å². The molecule has 110 valence electrons. The molecule has 6 heteroatoms. The molecule has 1 aromatic carbocycles. The van der Waals surface area contributed by atoms with E-state index in [1.165, 1.54) is 0 Å². The Kier molecular flexibility index (Phi) is 4.32. The standard InChI is InChI=1S/C14H16F3NO2/c15-14(16,17)7-6-12(19)10-4-5-11-9(8-10)2-1-3-13(20)18-11/h4-5,8,12,19H,1-3,6-7H2,(H,18,20). The Morgan fingerprint density at radius 2 is 2.05 bits per heavy atom. The summed E-state index contributed by atoms with van der Waals surface area (Å²) in [6, 6.07) is 4.89. The van der Waals surface area contributed by atoms with Crippen molar-refractivity contribution in [3.63, 3.8) is 0 Å². The molecule has 1 aliphatic heterocycles. The first-order valence-corrected chi connectivity index (χ1v) is 6.52. The zero-order chi connectivity index (χ0) is 14.8. The van der Waals surface area contributed by atoms with Crippen LogP contribution in [0, 0.1) is 0 Å². The fourth-order valence-corrected chi connectivity index (χ4v) is 2.27. The number of benzene rings is 1. The first-order valence-electron chi connectivity index (χ1n) is 6.52. The van der Waals surface area contributed by atoms with Gasteiger partial charge in [-0.05, 0) is 36.5 Å². The van der Waals surface area contributed by atoms with E-state index in [1.807, 2.05) is 0 Å². The van der Waals surface area contributed by atoms with E-state index in [1.54, 1.807) is 18.2 Å². The number of anilines is 1. The van der Waals surface area contributed by atoms with Gasteiger partial charge in [-0.3, -0.25) is 4.79 Å². The molecule has 2 rings (SSSR count). The maximum absolute atomic E-state index is 12.1. The SMILES string of the molecule is O=C1CCCc2cc(C(O)CCC(F)(F)F)ccc2N1. The Bertz CT molecular complexity index is 500. The fraction of sp³-hybridized carbons (Fsp3) is 0.500. The summed E-state index contributed by atoms with van der Waals surface area (Å²) in [6.07, 6.45) is -4.96. The molecule has 2 N–H and O–H groups in total. The van der Waals surface area contributed by atoms with Crippen LogP contribution in [0.1, 0.15) is 42.9 Å². The lowest BCUT2D eigenvalue weighted by atomic mass is 9.99. The van der Waals surface area contributed by atoms with Gasteiger partial charge in [0.25, 0.3) is 0 Å². The van der Waals surface area contributed by atoms with Gasteiger partial charge in [0, 0.05) is 18.5 Å². The topological polar surface area (TPSA) is 49.3 Å². The number of nitrogens with one attached hydrogen (secondary N) is 1. The molecule has 1 amide bonds. The first-order chi connectivity index (χ1) is 9.35. The number of amides is 1. The highest BCUT2D eigenvalue weighted by Gasteiger charge is 2.28. The molecular formula is C14H16F3NO2. The molecular weight excluding hydrogens is 271 g/mol. The second kappa shape index (κ2) is 5.83. The summed E-state index contributed by atoms with van der Waals surface area (Å²) in [5.41, 5.74) is 2.00. The van der Waals surface area contributed by atoms with Gasteiger partial charge < -0.3 is 10.4 Å². The molecule has 1 heterocycles. The summed E-state index contributed by atoms with van der Waals surface area (Å²) in [6.45, 7) is 0. The minimum absolute atomic E-state index is 0.0610. The summed E-state index contributed by atoms with van der Waals surface area (Å²) in [4.78, 5) is 11.4. The van der Waals surface area contributed by atoms with Crippen molar-refractivity contribution in [2.45, 2.75) is 44.4 Å². The van der Waals surface area contributed by atoms with E-state index in [0.717, 1.165) is 5.56 Å². The summed E-state index contributed by atoms with van der Waals surface area (Å²) >= 11 is 0. The Morgan fingerprint density at radius 3 is 2.75 bits per heavy atom. The highest BCUT2D eigenvalue weighted by Crippen LogP contribution is 2.30. The summed E-state index contributed by atoms with van der Waals surface area (Å²) in [5.74, 6) is -0.0610. The van der Waals surface area contributed by atoms with Gasteiger partial charge in [-0.1, -0.05) is 12.1 Å². The van der Waals surface area contributed by atoms with Gasteiger partial charge in [-0.25, -0.2) is 0 Å². The maximum Gasteiger partial charge on any atom is 0.389 e. The Hall–Kier alpha value is -1.56. The Morgan fingerprint density at radius 1 is 1.30 bits per heavy atom. The quantitative estimate of drug-likeness (QED) is 0.895. The highest BCUT2D eigenvalue weighted by molar-refractivity contribution is 5.92. The summed E-state index contributed by atoms with van der Waals surface area (Å²) < 4.78 is 36.4. The van der Waals surface area contributed by atoms with Crippen molar-refractivity contribution in [1.29, 1.82) is 0 Å². The molecule has 0 spiro atoms. The second-order valence-corrected chi connectivity index (χ2v) is 4.99. The third-order valence-corrected chi connectivity index (χ3v) is 3.34. The van der Waals surface area contributed by atoms with E-state index in [2.05, 4.69) is 5.32 Å². The molecule has 1 unspecified atom stereocenters. The number of fused-ring (bicyclic) bond motifs is 1. The molecule has 0 aromatic heterocycles. The molecule has 0 saturated heterocycles. The third-order valence-electron chi connectivity index (χ3n) is 3.34. The predicted octanol–water partition coefficient (Wildman–Crippen LogP) is 3.34. The lowest BCUT2D eigenvalue weighted by Gasteiger charge is -2.15. The number of alkyl halides is 3. The highest BCUT2D eigenvalue weighted by atomic mass is 19.4. The van der Waals surface area contributed by atoms with Crippen LogP contribution in [0.4, 0.5) is 18.9 Å². The summed E-state index contributed by atoms with van der Waals surface area (Å²) in [7, 11) is 0. The molecule has 20 heavy (non-hydrogen) atoms. The van der Waals surface area contributed by atoms with Crippen molar-refractivity contribution in [3.05, 3.63) is 29.3 Å². The van der Waals surface area contributed by atoms with Crippen molar-refractivity contribution in [2.24, 2.45) is 0 Å². The van der Waals surface area contributed by atoms with E-state index in [-0.39, 0.29) is 12.3 Å². The fourth-order valence-electron chi connectivity index (χ4n) is 2.27. The summed E-state index contributed by atoms with van der Waals surface area (Å²) in [5, 5.41) is 12.6. The normalized spacial score (nSPS) is 17.1. The van der Waals surface area contributed by atoms with Crippen molar-refractivity contribution < 1.29 is 23.1 Å². The van der Waals surface area contributed by atoms with Crippen LogP contribution in [-0.2, 0) is 11.2 Å². The van der Waals surface area contributed by atoms with Crippen LogP contribution >= 0.6 is 0 Å². The van der Waals surface area contributed by atoms with Gasteiger partial charge in [0.2, 0.25) is 5.91 Å². The van der Waals surface area contributed by atoms with E-state index >= 15 is 0 Å². The van der Waals surface area contributed by atoms with Gasteiger partial charge in [-0.2, -0.15) is 13.2 Å². The van der Waals surface area contributed by atoms with Crippen LogP contribution in [0.2, 0.25) is 0 Å². The van der Waals surface area contributed by atoms with Crippen LogP contribution in [0.25, 0.3) is 0 Å². The number of hydrogen-bond donors (Lipinski definition) is 2. The number of aliphatic hydroxyl groups is 1. The molecule has 1 aromatic rings. The molecule has 0 saturated carbocycles. The van der Waals surface area contributed by atoms with Crippen molar-refractivity contribution in [3.8, 4) is 0 Å².